The molecule has 0 bridgehead atoms. The summed E-state index contributed by atoms with van der Waals surface area (Å²) in [6, 6.07) is 3.96. The summed E-state index contributed by atoms with van der Waals surface area (Å²) in [7, 11) is 0. The van der Waals surface area contributed by atoms with E-state index in [9.17, 15) is 9.59 Å². The highest BCUT2D eigenvalue weighted by Gasteiger charge is 2.46. The van der Waals surface area contributed by atoms with Gasteiger partial charge in [0, 0.05) is 38.0 Å². The van der Waals surface area contributed by atoms with E-state index in [2.05, 4.69) is 17.2 Å². The predicted octanol–water partition coefficient (Wildman–Crippen LogP) is 1.75. The second kappa shape index (κ2) is 7.35. The van der Waals surface area contributed by atoms with Crippen LogP contribution in [-0.4, -0.2) is 47.0 Å². The number of nitrogens with zero attached hydrogens (tertiary/aromatic N) is 2. The highest BCUT2D eigenvalue weighted by Crippen LogP contribution is 2.38. The van der Waals surface area contributed by atoms with Crippen molar-refractivity contribution >= 4 is 11.8 Å². The topological polar surface area (TPSA) is 71.5 Å². The molecule has 1 aromatic heterocycles. The number of piperidine rings is 1. The number of rotatable bonds is 4. The van der Waals surface area contributed by atoms with E-state index in [0.29, 0.717) is 32.0 Å². The summed E-state index contributed by atoms with van der Waals surface area (Å²) >= 11 is 0. The number of amides is 2. The summed E-state index contributed by atoms with van der Waals surface area (Å²) < 4.78 is 5.85. The van der Waals surface area contributed by atoms with Crippen molar-refractivity contribution in [3.8, 4) is 0 Å². The summed E-state index contributed by atoms with van der Waals surface area (Å²) in [6.45, 7) is 3.86. The third kappa shape index (κ3) is 3.47. The Labute approximate surface area is 154 Å². The van der Waals surface area contributed by atoms with E-state index in [0.717, 1.165) is 24.8 Å². The highest BCUT2D eigenvalue weighted by atomic mass is 16.5. The first-order chi connectivity index (χ1) is 12.6. The molecule has 3 fully saturated rings. The molecule has 1 aromatic rings. The molecule has 2 saturated heterocycles. The van der Waals surface area contributed by atoms with Gasteiger partial charge in [0.05, 0.1) is 18.1 Å². The first-order valence-electron chi connectivity index (χ1n) is 9.70. The van der Waals surface area contributed by atoms with Crippen LogP contribution in [-0.2, 0) is 20.9 Å². The molecule has 0 unspecified atom stereocenters. The molecular weight excluding hydrogens is 330 g/mol. The molecule has 1 aliphatic carbocycles. The van der Waals surface area contributed by atoms with Gasteiger partial charge in [0.1, 0.15) is 0 Å². The molecule has 4 rings (SSSR count). The van der Waals surface area contributed by atoms with Crippen molar-refractivity contribution in [1.82, 2.24) is 15.2 Å². The molecule has 3 aliphatic rings. The van der Waals surface area contributed by atoms with Crippen LogP contribution in [0.5, 0.6) is 0 Å². The quantitative estimate of drug-likeness (QED) is 0.891. The molecule has 0 spiro atoms. The van der Waals surface area contributed by atoms with Gasteiger partial charge >= 0.3 is 0 Å². The van der Waals surface area contributed by atoms with Crippen LogP contribution in [0.3, 0.4) is 0 Å². The van der Waals surface area contributed by atoms with Gasteiger partial charge in [0.15, 0.2) is 0 Å². The third-order valence-corrected chi connectivity index (χ3v) is 6.08. The first-order valence-corrected chi connectivity index (χ1v) is 9.70. The van der Waals surface area contributed by atoms with Crippen LogP contribution >= 0.6 is 0 Å². The molecule has 6 heteroatoms. The zero-order chi connectivity index (χ0) is 18.1. The number of hydrogen-bond acceptors (Lipinski definition) is 4. The second-order valence-corrected chi connectivity index (χ2v) is 8.04. The van der Waals surface area contributed by atoms with Crippen molar-refractivity contribution in [3.63, 3.8) is 0 Å². The van der Waals surface area contributed by atoms with Gasteiger partial charge in [-0.25, -0.2) is 0 Å². The van der Waals surface area contributed by atoms with Crippen LogP contribution < -0.4 is 5.32 Å². The number of nitrogens with one attached hydrogen (secondary N) is 1. The maximum absolute atomic E-state index is 12.9. The molecule has 0 radical (unpaired) electrons. The molecule has 3 heterocycles. The average Bonchev–Trinajstić information content (AvgIpc) is 3.11. The standard InChI is InChI=1S/C20H27N3O3/c1-13-7-15(8-13)20(25)23-12-16(9-18-17(23)4-6-26-18)19(24)22-11-14-3-2-5-21-10-14/h2-3,5,10,13,15-18H,4,6-9,11-12H2,1H3,(H,22,24)/t13?,15?,16-,17-,18-/m1/s1. The zero-order valence-electron chi connectivity index (χ0n) is 15.3. The fourth-order valence-electron chi connectivity index (χ4n) is 4.56. The van der Waals surface area contributed by atoms with Crippen molar-refractivity contribution in [2.24, 2.45) is 17.8 Å². The number of hydrogen-bond donors (Lipinski definition) is 1. The zero-order valence-corrected chi connectivity index (χ0v) is 15.3. The van der Waals surface area contributed by atoms with Crippen molar-refractivity contribution < 1.29 is 14.3 Å². The maximum Gasteiger partial charge on any atom is 0.226 e. The predicted molar refractivity (Wildman–Crippen MR) is 95.9 cm³/mol. The Morgan fingerprint density at radius 3 is 2.88 bits per heavy atom. The number of ether oxygens (including phenoxy) is 1. The molecule has 26 heavy (non-hydrogen) atoms. The van der Waals surface area contributed by atoms with Gasteiger partial charge in [-0.2, -0.15) is 0 Å². The normalized spacial score (nSPS) is 33.3. The number of likely N-dealkylation sites (tertiary alicyclic amines) is 1. The Morgan fingerprint density at radius 2 is 2.15 bits per heavy atom. The fourth-order valence-corrected chi connectivity index (χ4v) is 4.56. The monoisotopic (exact) mass is 357 g/mol. The van der Waals surface area contributed by atoms with Gasteiger partial charge in [-0.1, -0.05) is 13.0 Å². The number of aromatic nitrogens is 1. The molecule has 3 atom stereocenters. The van der Waals surface area contributed by atoms with Crippen LogP contribution in [0.25, 0.3) is 0 Å². The van der Waals surface area contributed by atoms with Gasteiger partial charge in [0.2, 0.25) is 11.8 Å². The third-order valence-electron chi connectivity index (χ3n) is 6.08. The number of carbonyl (C=O) groups is 2. The van der Waals surface area contributed by atoms with Crippen molar-refractivity contribution in [3.05, 3.63) is 30.1 Å². The minimum Gasteiger partial charge on any atom is -0.376 e. The number of pyridine rings is 1. The first kappa shape index (κ1) is 17.5. The average molecular weight is 357 g/mol. The van der Waals surface area contributed by atoms with E-state index in [4.69, 9.17) is 4.74 Å². The van der Waals surface area contributed by atoms with Crippen LogP contribution in [0.4, 0.5) is 0 Å². The van der Waals surface area contributed by atoms with Crippen molar-refractivity contribution in [2.45, 2.75) is 51.3 Å². The number of carbonyl (C=O) groups excluding carboxylic acids is 2. The van der Waals surface area contributed by atoms with E-state index < -0.39 is 0 Å². The Hall–Kier alpha value is -1.95. The molecule has 140 valence electrons. The lowest BCUT2D eigenvalue weighted by Gasteiger charge is -2.44. The van der Waals surface area contributed by atoms with E-state index in [1.807, 2.05) is 17.0 Å². The van der Waals surface area contributed by atoms with Gasteiger partial charge in [-0.05, 0) is 43.2 Å². The Bertz CT molecular complexity index is 660. The van der Waals surface area contributed by atoms with Crippen LogP contribution in [0.1, 0.15) is 38.2 Å². The summed E-state index contributed by atoms with van der Waals surface area (Å²) in [4.78, 5) is 31.7. The van der Waals surface area contributed by atoms with E-state index in [1.54, 1.807) is 12.4 Å². The summed E-state index contributed by atoms with van der Waals surface area (Å²) in [5, 5.41) is 3.00. The molecule has 0 aromatic carbocycles. The summed E-state index contributed by atoms with van der Waals surface area (Å²) in [5.41, 5.74) is 0.975. The van der Waals surface area contributed by atoms with Crippen LogP contribution in [0, 0.1) is 17.8 Å². The van der Waals surface area contributed by atoms with Gasteiger partial charge in [-0.3, -0.25) is 14.6 Å². The molecule has 6 nitrogen and oxygen atoms in total. The molecule has 1 saturated carbocycles. The van der Waals surface area contributed by atoms with Crippen molar-refractivity contribution in [1.29, 1.82) is 0 Å². The number of fused-ring (bicyclic) bond motifs is 1. The summed E-state index contributed by atoms with van der Waals surface area (Å²) in [6.07, 6.45) is 7.02. The van der Waals surface area contributed by atoms with Gasteiger partial charge < -0.3 is 15.0 Å². The second-order valence-electron chi connectivity index (χ2n) is 8.04. The minimum absolute atomic E-state index is 0.000609. The largest absolute Gasteiger partial charge is 0.376 e. The van der Waals surface area contributed by atoms with Gasteiger partial charge in [-0.15, -0.1) is 0 Å². The molecule has 2 aliphatic heterocycles. The van der Waals surface area contributed by atoms with Crippen molar-refractivity contribution in [2.75, 3.05) is 13.2 Å². The maximum atomic E-state index is 12.9. The van der Waals surface area contributed by atoms with E-state index in [1.165, 1.54) is 0 Å². The highest BCUT2D eigenvalue weighted by molar-refractivity contribution is 5.83. The Morgan fingerprint density at radius 1 is 1.31 bits per heavy atom. The summed E-state index contributed by atoms with van der Waals surface area (Å²) in [5.74, 6) is 0.815. The van der Waals surface area contributed by atoms with E-state index >= 15 is 0 Å². The van der Waals surface area contributed by atoms with Crippen LogP contribution in [0.15, 0.2) is 24.5 Å². The van der Waals surface area contributed by atoms with E-state index in [-0.39, 0.29) is 35.8 Å². The lowest BCUT2D eigenvalue weighted by molar-refractivity contribution is -0.149. The van der Waals surface area contributed by atoms with Gasteiger partial charge in [0.25, 0.3) is 0 Å². The SMILES string of the molecule is CC1CC(C(=O)N2C[C@H](C(=O)NCc3cccnc3)C[C@H]3OCC[C@H]32)C1. The Kier molecular flexibility index (Phi) is 4.94. The lowest BCUT2D eigenvalue weighted by atomic mass is 9.74. The lowest BCUT2D eigenvalue weighted by Crippen LogP contribution is -2.57. The Balaban J connectivity index is 1.40. The minimum atomic E-state index is -0.201. The molecule has 2 amide bonds. The smallest absolute Gasteiger partial charge is 0.226 e. The fraction of sp³-hybridized carbons (Fsp3) is 0.650. The van der Waals surface area contributed by atoms with Crippen LogP contribution in [0.2, 0.25) is 0 Å². The molecule has 1 N–H and O–H groups in total. The molecular formula is C20H27N3O3.